The van der Waals surface area contributed by atoms with E-state index in [2.05, 4.69) is 87.5 Å². The van der Waals surface area contributed by atoms with Crippen LogP contribution in [0.5, 0.6) is 5.75 Å². The summed E-state index contributed by atoms with van der Waals surface area (Å²) in [5.74, 6) is 0.919. The van der Waals surface area contributed by atoms with E-state index in [4.69, 9.17) is 4.74 Å². The Morgan fingerprint density at radius 1 is 0.964 bits per heavy atom. The summed E-state index contributed by atoms with van der Waals surface area (Å²) in [6.45, 7) is 1.57. The van der Waals surface area contributed by atoms with Crippen molar-refractivity contribution in [3.63, 3.8) is 0 Å². The van der Waals surface area contributed by atoms with Gasteiger partial charge in [0.25, 0.3) is 0 Å². The number of halogens is 1. The standard InChI is InChI=1S/C24H21IN2O/c25-21-9-5-4-8-19(21)23-24-18(12-13-26-23)20-14-17(10-11-22(20)27-24)28-15-16-6-2-1-3-7-16/h1-11,14,23,26-27H,12-13,15H2. The molecule has 140 valence electrons. The number of benzene rings is 3. The SMILES string of the molecule is Ic1ccccc1C1NCCc2c1[nH]c1ccc(OCc3ccccc3)cc21. The van der Waals surface area contributed by atoms with Gasteiger partial charge in [-0.1, -0.05) is 48.5 Å². The second-order valence-corrected chi connectivity index (χ2v) is 8.32. The van der Waals surface area contributed by atoms with Crippen LogP contribution in [0, 0.1) is 3.57 Å². The normalized spacial score (nSPS) is 16.1. The maximum absolute atomic E-state index is 6.06. The predicted molar refractivity (Wildman–Crippen MR) is 122 cm³/mol. The number of aromatic amines is 1. The Morgan fingerprint density at radius 2 is 1.79 bits per heavy atom. The molecule has 0 aliphatic carbocycles. The summed E-state index contributed by atoms with van der Waals surface area (Å²) in [6, 6.07) is 25.5. The third kappa shape index (κ3) is 3.31. The Labute approximate surface area is 178 Å². The van der Waals surface area contributed by atoms with Crippen molar-refractivity contribution in [2.45, 2.75) is 19.1 Å². The van der Waals surface area contributed by atoms with Crippen molar-refractivity contribution in [3.8, 4) is 5.75 Å². The number of nitrogens with one attached hydrogen (secondary N) is 2. The van der Waals surface area contributed by atoms with Crippen LogP contribution in [0.2, 0.25) is 0 Å². The van der Waals surface area contributed by atoms with Gasteiger partial charge in [0.15, 0.2) is 0 Å². The van der Waals surface area contributed by atoms with Gasteiger partial charge in [0.1, 0.15) is 12.4 Å². The van der Waals surface area contributed by atoms with Crippen LogP contribution in [-0.2, 0) is 13.0 Å². The largest absolute Gasteiger partial charge is 0.489 e. The molecule has 0 radical (unpaired) electrons. The zero-order chi connectivity index (χ0) is 18.9. The minimum absolute atomic E-state index is 0.206. The van der Waals surface area contributed by atoms with Gasteiger partial charge < -0.3 is 15.0 Å². The third-order valence-corrected chi connectivity index (χ3v) is 6.37. The molecule has 1 aliphatic heterocycles. The molecule has 3 nitrogen and oxygen atoms in total. The molecule has 3 aromatic carbocycles. The lowest BCUT2D eigenvalue weighted by atomic mass is 9.94. The van der Waals surface area contributed by atoms with Crippen LogP contribution >= 0.6 is 22.6 Å². The fourth-order valence-electron chi connectivity index (χ4n) is 4.01. The van der Waals surface area contributed by atoms with Crippen LogP contribution in [0.4, 0.5) is 0 Å². The summed E-state index contributed by atoms with van der Waals surface area (Å²) in [5, 5.41) is 4.96. The van der Waals surface area contributed by atoms with Crippen LogP contribution < -0.4 is 10.1 Å². The number of aromatic nitrogens is 1. The maximum atomic E-state index is 6.06. The van der Waals surface area contributed by atoms with E-state index in [1.165, 1.54) is 36.9 Å². The molecule has 4 aromatic rings. The summed E-state index contributed by atoms with van der Waals surface area (Å²) in [7, 11) is 0. The van der Waals surface area contributed by atoms with Crippen molar-refractivity contribution in [2.75, 3.05) is 6.54 Å². The molecular weight excluding hydrogens is 459 g/mol. The van der Waals surface area contributed by atoms with Crippen molar-refractivity contribution in [2.24, 2.45) is 0 Å². The smallest absolute Gasteiger partial charge is 0.120 e. The lowest BCUT2D eigenvalue weighted by Gasteiger charge is -2.25. The third-order valence-electron chi connectivity index (χ3n) is 5.39. The molecule has 0 saturated carbocycles. The highest BCUT2D eigenvalue weighted by atomic mass is 127. The second-order valence-electron chi connectivity index (χ2n) is 7.16. The number of fused-ring (bicyclic) bond motifs is 3. The molecule has 5 rings (SSSR count). The Kier molecular flexibility index (Phi) is 4.82. The highest BCUT2D eigenvalue weighted by molar-refractivity contribution is 14.1. The molecule has 1 aromatic heterocycles. The van der Waals surface area contributed by atoms with E-state index in [0.717, 1.165) is 18.7 Å². The lowest BCUT2D eigenvalue weighted by Crippen LogP contribution is -2.30. The Bertz CT molecular complexity index is 1120. The molecule has 28 heavy (non-hydrogen) atoms. The number of hydrogen-bond acceptors (Lipinski definition) is 2. The van der Waals surface area contributed by atoms with E-state index >= 15 is 0 Å². The summed E-state index contributed by atoms with van der Waals surface area (Å²) in [4.78, 5) is 3.67. The van der Waals surface area contributed by atoms with Crippen molar-refractivity contribution in [1.29, 1.82) is 0 Å². The van der Waals surface area contributed by atoms with Gasteiger partial charge in [-0.15, -0.1) is 0 Å². The van der Waals surface area contributed by atoms with Gasteiger partial charge in [0.2, 0.25) is 0 Å². The lowest BCUT2D eigenvalue weighted by molar-refractivity contribution is 0.306. The fourth-order valence-corrected chi connectivity index (χ4v) is 4.71. The van der Waals surface area contributed by atoms with Gasteiger partial charge in [-0.05, 0) is 70.0 Å². The highest BCUT2D eigenvalue weighted by Crippen LogP contribution is 2.36. The van der Waals surface area contributed by atoms with Crippen LogP contribution in [0.15, 0.2) is 72.8 Å². The first-order valence-electron chi connectivity index (χ1n) is 9.58. The molecule has 0 fully saturated rings. The monoisotopic (exact) mass is 480 g/mol. The number of hydrogen-bond donors (Lipinski definition) is 2. The van der Waals surface area contributed by atoms with E-state index in [9.17, 15) is 0 Å². The van der Waals surface area contributed by atoms with Crippen molar-refractivity contribution in [1.82, 2.24) is 10.3 Å². The molecular formula is C24H21IN2O. The maximum Gasteiger partial charge on any atom is 0.120 e. The first-order chi connectivity index (χ1) is 13.8. The van der Waals surface area contributed by atoms with Gasteiger partial charge in [-0.3, -0.25) is 0 Å². The van der Waals surface area contributed by atoms with Gasteiger partial charge in [0, 0.05) is 26.7 Å². The Morgan fingerprint density at radius 3 is 2.64 bits per heavy atom. The highest BCUT2D eigenvalue weighted by Gasteiger charge is 2.26. The van der Waals surface area contributed by atoms with Gasteiger partial charge in [0.05, 0.1) is 6.04 Å². The quantitative estimate of drug-likeness (QED) is 0.374. The summed E-state index contributed by atoms with van der Waals surface area (Å²) in [5.41, 5.74) is 6.38. The fraction of sp³-hybridized carbons (Fsp3) is 0.167. The zero-order valence-electron chi connectivity index (χ0n) is 15.4. The average molecular weight is 480 g/mol. The predicted octanol–water partition coefficient (Wildman–Crippen LogP) is 5.59. The zero-order valence-corrected chi connectivity index (χ0v) is 17.6. The van der Waals surface area contributed by atoms with E-state index < -0.39 is 0 Å². The van der Waals surface area contributed by atoms with Crippen LogP contribution in [0.25, 0.3) is 10.9 Å². The Hall–Kier alpha value is -2.31. The molecule has 0 saturated heterocycles. The molecule has 0 bridgehead atoms. The van der Waals surface area contributed by atoms with E-state index in [1.54, 1.807) is 0 Å². The molecule has 4 heteroatoms. The summed E-state index contributed by atoms with van der Waals surface area (Å²) in [6.07, 6.45) is 1.03. The van der Waals surface area contributed by atoms with Crippen LogP contribution in [-0.4, -0.2) is 11.5 Å². The second kappa shape index (κ2) is 7.60. The number of rotatable bonds is 4. The molecule has 1 unspecified atom stereocenters. The van der Waals surface area contributed by atoms with Gasteiger partial charge in [-0.2, -0.15) is 0 Å². The summed E-state index contributed by atoms with van der Waals surface area (Å²) >= 11 is 2.43. The van der Waals surface area contributed by atoms with Crippen molar-refractivity contribution >= 4 is 33.5 Å². The molecule has 0 spiro atoms. The van der Waals surface area contributed by atoms with Crippen molar-refractivity contribution in [3.05, 3.63) is 98.8 Å². The van der Waals surface area contributed by atoms with Crippen LogP contribution in [0.1, 0.15) is 28.4 Å². The van der Waals surface area contributed by atoms with E-state index in [-0.39, 0.29) is 6.04 Å². The molecule has 1 atom stereocenters. The first-order valence-corrected chi connectivity index (χ1v) is 10.7. The van der Waals surface area contributed by atoms with Crippen LogP contribution in [0.3, 0.4) is 0 Å². The van der Waals surface area contributed by atoms with Gasteiger partial charge in [-0.25, -0.2) is 0 Å². The van der Waals surface area contributed by atoms with Crippen molar-refractivity contribution < 1.29 is 4.74 Å². The molecule has 0 amide bonds. The minimum Gasteiger partial charge on any atom is -0.489 e. The average Bonchev–Trinajstić information content (AvgIpc) is 3.12. The minimum atomic E-state index is 0.206. The molecule has 2 N–H and O–H groups in total. The van der Waals surface area contributed by atoms with E-state index in [1.807, 2.05) is 18.2 Å². The first kappa shape index (κ1) is 17.8. The van der Waals surface area contributed by atoms with E-state index in [0.29, 0.717) is 6.61 Å². The molecule has 2 heterocycles. The van der Waals surface area contributed by atoms with Gasteiger partial charge >= 0.3 is 0 Å². The number of ether oxygens (including phenoxy) is 1. The topological polar surface area (TPSA) is 37.0 Å². The summed E-state index contributed by atoms with van der Waals surface area (Å²) < 4.78 is 7.35. The number of H-pyrrole nitrogens is 1. The molecule has 1 aliphatic rings. The Balaban J connectivity index is 1.49.